The van der Waals surface area contributed by atoms with Crippen LogP contribution >= 0.6 is 0 Å². The van der Waals surface area contributed by atoms with Crippen molar-refractivity contribution in [1.82, 2.24) is 9.55 Å². The van der Waals surface area contributed by atoms with E-state index in [1.165, 1.54) is 16.7 Å². The van der Waals surface area contributed by atoms with Crippen LogP contribution in [0, 0.1) is 13.8 Å². The van der Waals surface area contributed by atoms with Crippen LogP contribution in [0.3, 0.4) is 0 Å². The third-order valence-electron chi connectivity index (χ3n) is 4.20. The lowest BCUT2D eigenvalue weighted by Crippen LogP contribution is -2.17. The lowest BCUT2D eigenvalue weighted by Gasteiger charge is -2.16. The van der Waals surface area contributed by atoms with Gasteiger partial charge in [-0.15, -0.1) is 0 Å². The molecule has 2 atom stereocenters. The van der Waals surface area contributed by atoms with E-state index < -0.39 is 12.4 Å². The van der Waals surface area contributed by atoms with Gasteiger partial charge in [0.15, 0.2) is 6.23 Å². The maximum absolute atomic E-state index is 11.6. The number of carbonyl (C=O) groups excluding carboxylic acids is 1. The Labute approximate surface area is 143 Å². The average molecular weight is 330 g/mol. The van der Waals surface area contributed by atoms with E-state index >= 15 is 0 Å². The Bertz CT molecular complexity index is 706. The zero-order valence-electron chi connectivity index (χ0n) is 15.2. The fourth-order valence-corrected chi connectivity index (χ4v) is 2.60. The van der Waals surface area contributed by atoms with E-state index in [1.54, 1.807) is 31.7 Å². The summed E-state index contributed by atoms with van der Waals surface area (Å²) in [5.74, 6) is 0.168. The highest BCUT2D eigenvalue weighted by atomic mass is 16.7. The normalized spacial score (nSPS) is 13.6. The molecule has 2 aromatic rings. The maximum atomic E-state index is 11.6. The van der Waals surface area contributed by atoms with Crippen molar-refractivity contribution in [1.29, 1.82) is 0 Å². The van der Waals surface area contributed by atoms with E-state index in [0.717, 1.165) is 5.69 Å². The predicted octanol–water partition coefficient (Wildman–Crippen LogP) is 4.73. The molecule has 24 heavy (non-hydrogen) atoms. The predicted molar refractivity (Wildman–Crippen MR) is 93.1 cm³/mol. The first-order chi connectivity index (χ1) is 11.3. The van der Waals surface area contributed by atoms with Gasteiger partial charge in [0, 0.05) is 12.1 Å². The van der Waals surface area contributed by atoms with Gasteiger partial charge in [-0.2, -0.15) is 0 Å². The van der Waals surface area contributed by atoms with Gasteiger partial charge in [-0.1, -0.05) is 25.1 Å². The zero-order valence-corrected chi connectivity index (χ0v) is 15.2. The van der Waals surface area contributed by atoms with Crippen molar-refractivity contribution in [2.75, 3.05) is 0 Å². The van der Waals surface area contributed by atoms with Gasteiger partial charge in [0.1, 0.15) is 0 Å². The van der Waals surface area contributed by atoms with E-state index in [-0.39, 0.29) is 12.0 Å². The molecule has 130 valence electrons. The molecule has 0 amide bonds. The van der Waals surface area contributed by atoms with Crippen LogP contribution in [0.15, 0.2) is 30.7 Å². The largest absolute Gasteiger partial charge is 0.510 e. The molecule has 0 saturated heterocycles. The molecule has 0 saturated carbocycles. The molecule has 0 bridgehead atoms. The van der Waals surface area contributed by atoms with Gasteiger partial charge >= 0.3 is 6.16 Å². The van der Waals surface area contributed by atoms with Crippen LogP contribution in [-0.4, -0.2) is 21.8 Å². The lowest BCUT2D eigenvalue weighted by molar-refractivity contribution is -0.0100. The summed E-state index contributed by atoms with van der Waals surface area (Å²) in [6, 6.07) is 6.31. The molecule has 5 heteroatoms. The number of carbonyl (C=O) groups is 1. The number of hydrogen-bond acceptors (Lipinski definition) is 4. The van der Waals surface area contributed by atoms with E-state index in [1.807, 2.05) is 6.20 Å². The van der Waals surface area contributed by atoms with Gasteiger partial charge in [-0.3, -0.25) is 0 Å². The molecule has 0 radical (unpaired) electrons. The van der Waals surface area contributed by atoms with E-state index in [4.69, 9.17) is 9.47 Å². The minimum atomic E-state index is -0.671. The average Bonchev–Trinajstić information content (AvgIpc) is 2.98. The highest BCUT2D eigenvalue weighted by Gasteiger charge is 2.18. The molecule has 1 aromatic heterocycles. The van der Waals surface area contributed by atoms with Crippen LogP contribution in [0.2, 0.25) is 0 Å². The summed E-state index contributed by atoms with van der Waals surface area (Å²) in [6.45, 7) is 11.7. The van der Waals surface area contributed by atoms with Crippen molar-refractivity contribution in [2.24, 2.45) is 0 Å². The van der Waals surface area contributed by atoms with Gasteiger partial charge in [0.25, 0.3) is 0 Å². The Morgan fingerprint density at radius 3 is 2.50 bits per heavy atom. The molecular weight excluding hydrogens is 304 g/mol. The Kier molecular flexibility index (Phi) is 5.65. The van der Waals surface area contributed by atoms with Crippen molar-refractivity contribution in [3.05, 3.63) is 53.1 Å². The van der Waals surface area contributed by atoms with Gasteiger partial charge < -0.3 is 14.0 Å². The summed E-state index contributed by atoms with van der Waals surface area (Å²) in [5, 5.41) is 0. The highest BCUT2D eigenvalue weighted by molar-refractivity contribution is 5.60. The van der Waals surface area contributed by atoms with Crippen LogP contribution in [0.4, 0.5) is 4.79 Å². The number of aromatic nitrogens is 2. The summed E-state index contributed by atoms with van der Waals surface area (Å²) in [6.07, 6.45) is 2.26. The molecule has 5 nitrogen and oxygen atoms in total. The van der Waals surface area contributed by atoms with Gasteiger partial charge in [0.2, 0.25) is 0 Å². The minimum absolute atomic E-state index is 0.168. The van der Waals surface area contributed by atoms with Crippen molar-refractivity contribution in [3.8, 4) is 0 Å². The van der Waals surface area contributed by atoms with Gasteiger partial charge in [-0.05, 0) is 51.3 Å². The topological polar surface area (TPSA) is 53.4 Å². The van der Waals surface area contributed by atoms with Crippen LogP contribution in [0.25, 0.3) is 0 Å². The molecule has 1 unspecified atom stereocenters. The third-order valence-corrected chi connectivity index (χ3v) is 4.20. The molecule has 0 aliphatic heterocycles. The molecule has 0 aliphatic carbocycles. The van der Waals surface area contributed by atoms with E-state index in [2.05, 4.69) is 44.0 Å². The molecule has 0 spiro atoms. The number of hydrogen-bond donors (Lipinski definition) is 0. The van der Waals surface area contributed by atoms with Crippen molar-refractivity contribution < 1.29 is 14.3 Å². The van der Waals surface area contributed by atoms with E-state index in [9.17, 15) is 4.79 Å². The number of nitrogens with zero attached hydrogens (tertiary/aromatic N) is 2. The fraction of sp³-hybridized carbons (Fsp3) is 0.474. The van der Waals surface area contributed by atoms with Crippen LogP contribution < -0.4 is 0 Å². The van der Waals surface area contributed by atoms with Gasteiger partial charge in [0.05, 0.1) is 18.1 Å². The number of benzene rings is 1. The molecule has 0 N–H and O–H groups in total. The van der Waals surface area contributed by atoms with Crippen LogP contribution in [0.5, 0.6) is 0 Å². The first kappa shape index (κ1) is 18.0. The second-order valence-corrected chi connectivity index (χ2v) is 6.39. The van der Waals surface area contributed by atoms with Crippen LogP contribution in [-0.2, 0) is 9.47 Å². The number of ether oxygens (including phenoxy) is 2. The van der Waals surface area contributed by atoms with Gasteiger partial charge in [-0.25, -0.2) is 9.78 Å². The Balaban J connectivity index is 2.12. The molecule has 1 heterocycles. The Hall–Kier alpha value is -2.30. The van der Waals surface area contributed by atoms with Crippen molar-refractivity contribution in [2.45, 2.75) is 59.8 Å². The molecule has 2 rings (SSSR count). The second-order valence-electron chi connectivity index (χ2n) is 6.39. The highest BCUT2D eigenvalue weighted by Crippen LogP contribution is 2.27. The first-order valence-electron chi connectivity index (χ1n) is 8.26. The molecular formula is C19H26N2O3. The zero-order chi connectivity index (χ0) is 17.9. The maximum Gasteiger partial charge on any atom is 0.510 e. The Morgan fingerprint density at radius 2 is 1.83 bits per heavy atom. The number of rotatable bonds is 5. The van der Waals surface area contributed by atoms with E-state index in [0.29, 0.717) is 0 Å². The lowest BCUT2D eigenvalue weighted by atomic mass is 9.92. The smallest absolute Gasteiger partial charge is 0.432 e. The van der Waals surface area contributed by atoms with Crippen LogP contribution in [0.1, 0.15) is 62.2 Å². The quantitative estimate of drug-likeness (QED) is 0.744. The summed E-state index contributed by atoms with van der Waals surface area (Å²) < 4.78 is 12.0. The first-order valence-corrected chi connectivity index (χ1v) is 8.26. The summed E-state index contributed by atoms with van der Waals surface area (Å²) >= 11 is 0. The summed E-state index contributed by atoms with van der Waals surface area (Å²) in [4.78, 5) is 16.1. The molecule has 0 aliphatic rings. The Morgan fingerprint density at radius 1 is 1.12 bits per heavy atom. The summed E-state index contributed by atoms with van der Waals surface area (Å²) in [5.41, 5.74) is 4.75. The third kappa shape index (κ3) is 4.16. The molecule has 0 fully saturated rings. The van der Waals surface area contributed by atoms with Crippen molar-refractivity contribution in [3.63, 3.8) is 0 Å². The number of aryl methyl sites for hydroxylation is 1. The van der Waals surface area contributed by atoms with Crippen molar-refractivity contribution >= 4 is 6.16 Å². The summed E-state index contributed by atoms with van der Waals surface area (Å²) in [7, 11) is 0. The molecule has 1 aromatic carbocycles. The second kappa shape index (κ2) is 7.51. The monoisotopic (exact) mass is 330 g/mol. The fourth-order valence-electron chi connectivity index (χ4n) is 2.60. The SMILES string of the molecule is Cc1cccc([C@H](C)c2cn(C(C)OC(=O)OC(C)C)cn2)c1C. The number of imidazole rings is 1. The minimum Gasteiger partial charge on any atom is -0.432 e. The standard InChI is InChI=1S/C19H26N2O3/c1-12(2)23-19(22)24-16(6)21-10-18(20-11-21)15(5)17-9-7-8-13(3)14(17)4/h7-12,15-16H,1-6H3/t15-,16?/m0/s1.